The van der Waals surface area contributed by atoms with Crippen LogP contribution in [0.3, 0.4) is 0 Å². The van der Waals surface area contributed by atoms with Crippen LogP contribution in [0.5, 0.6) is 0 Å². The number of rotatable bonds is 2. The summed E-state index contributed by atoms with van der Waals surface area (Å²) in [5.41, 5.74) is 5.83. The molecule has 0 saturated carbocycles. The van der Waals surface area contributed by atoms with E-state index in [2.05, 4.69) is 5.32 Å². The minimum absolute atomic E-state index is 0.105. The number of carbonyl (C=O) groups is 1. The fourth-order valence-electron chi connectivity index (χ4n) is 4.76. The minimum atomic E-state index is -0.254. The molecule has 2 aliphatic rings. The topological polar surface area (TPSA) is 32.3 Å². The lowest BCUT2D eigenvalue weighted by Crippen LogP contribution is -2.42. The first-order chi connectivity index (χ1) is 14.6. The average Bonchev–Trinajstić information content (AvgIpc) is 3.12. The van der Waals surface area contributed by atoms with Crippen molar-refractivity contribution >= 4 is 23.1 Å². The number of benzene rings is 2. The van der Waals surface area contributed by atoms with Crippen LogP contribution in [0.1, 0.15) is 50.9 Å². The number of amides is 2. The summed E-state index contributed by atoms with van der Waals surface area (Å²) >= 11 is 1.86. The number of hydrogen-bond acceptors (Lipinski definition) is 2. The first kappa shape index (κ1) is 19.3. The molecule has 2 amide bonds. The molecule has 1 aliphatic heterocycles. The highest BCUT2D eigenvalue weighted by Crippen LogP contribution is 2.45. The molecule has 0 saturated heterocycles. The van der Waals surface area contributed by atoms with Crippen LogP contribution in [-0.4, -0.2) is 17.5 Å². The normalized spacial score (nSPS) is 17.9. The number of nitrogens with one attached hydrogen (secondary N) is 1. The van der Waals surface area contributed by atoms with Crippen LogP contribution >= 0.6 is 11.3 Å². The maximum Gasteiger partial charge on any atom is 0.322 e. The van der Waals surface area contributed by atoms with E-state index < -0.39 is 0 Å². The minimum Gasteiger partial charge on any atom is -0.312 e. The molecule has 30 heavy (non-hydrogen) atoms. The Hall–Kier alpha value is -2.66. The number of halogens is 1. The number of aryl methyl sites for hydroxylation is 2. The zero-order valence-electron chi connectivity index (χ0n) is 17.1. The lowest BCUT2D eigenvalue weighted by molar-refractivity contribution is 0.195. The smallest absolute Gasteiger partial charge is 0.312 e. The molecule has 1 atom stereocenters. The van der Waals surface area contributed by atoms with E-state index >= 15 is 0 Å². The maximum atomic E-state index is 13.6. The van der Waals surface area contributed by atoms with E-state index in [0.717, 1.165) is 36.1 Å². The molecule has 5 rings (SSSR count). The molecular weight excluding hydrogens is 395 g/mol. The van der Waals surface area contributed by atoms with Gasteiger partial charge in [-0.1, -0.05) is 24.3 Å². The van der Waals surface area contributed by atoms with Gasteiger partial charge in [-0.15, -0.1) is 11.3 Å². The van der Waals surface area contributed by atoms with Gasteiger partial charge in [-0.05, 0) is 85.5 Å². The van der Waals surface area contributed by atoms with Crippen LogP contribution in [-0.2, 0) is 19.3 Å². The molecule has 0 spiro atoms. The van der Waals surface area contributed by atoms with Gasteiger partial charge in [-0.25, -0.2) is 9.18 Å². The van der Waals surface area contributed by atoms with Crippen molar-refractivity contribution in [1.29, 1.82) is 0 Å². The van der Waals surface area contributed by atoms with Crippen molar-refractivity contribution in [3.63, 3.8) is 0 Å². The largest absolute Gasteiger partial charge is 0.322 e. The highest BCUT2D eigenvalue weighted by molar-refractivity contribution is 7.12. The van der Waals surface area contributed by atoms with Gasteiger partial charge in [-0.3, -0.25) is 0 Å². The molecule has 0 bridgehead atoms. The molecule has 0 radical (unpaired) electrons. The third kappa shape index (κ3) is 3.52. The first-order valence-corrected chi connectivity index (χ1v) is 11.4. The Kier molecular flexibility index (Phi) is 5.07. The van der Waals surface area contributed by atoms with E-state index in [0.29, 0.717) is 6.54 Å². The van der Waals surface area contributed by atoms with E-state index in [1.165, 1.54) is 45.9 Å². The molecule has 3 nitrogen and oxygen atoms in total. The van der Waals surface area contributed by atoms with E-state index in [1.807, 2.05) is 59.6 Å². The van der Waals surface area contributed by atoms with Gasteiger partial charge >= 0.3 is 6.03 Å². The van der Waals surface area contributed by atoms with Crippen LogP contribution in [0.15, 0.2) is 48.5 Å². The molecular formula is C25H25FN2OS. The van der Waals surface area contributed by atoms with Crippen LogP contribution in [0.2, 0.25) is 0 Å². The Morgan fingerprint density at radius 2 is 1.87 bits per heavy atom. The highest BCUT2D eigenvalue weighted by atomic mass is 32.1. The van der Waals surface area contributed by atoms with Gasteiger partial charge in [0.1, 0.15) is 5.82 Å². The molecule has 2 aromatic carbocycles. The fraction of sp³-hybridized carbons (Fsp3) is 0.320. The van der Waals surface area contributed by atoms with Crippen LogP contribution < -0.4 is 5.32 Å². The van der Waals surface area contributed by atoms with Gasteiger partial charge < -0.3 is 10.2 Å². The SMILES string of the molecule is Cc1cccc(NC(=O)N2CCc3c(sc4c3CCCC4)[C@H]2c2ccc(F)cc2)c1. The number of hydrogen-bond donors (Lipinski definition) is 1. The van der Waals surface area contributed by atoms with Gasteiger partial charge in [0.15, 0.2) is 0 Å². The third-order valence-electron chi connectivity index (χ3n) is 6.19. The second kappa shape index (κ2) is 7.88. The van der Waals surface area contributed by atoms with E-state index in [1.54, 1.807) is 0 Å². The molecule has 2 heterocycles. The zero-order valence-corrected chi connectivity index (χ0v) is 17.9. The zero-order chi connectivity index (χ0) is 20.7. The Bertz CT molecular complexity index is 1090. The first-order valence-electron chi connectivity index (χ1n) is 10.6. The standard InChI is InChI=1S/C25H25FN2OS/c1-16-5-4-6-19(15-16)27-25(29)28-14-13-21-20-7-2-3-8-22(20)30-24(21)23(28)17-9-11-18(26)12-10-17/h4-6,9-12,15,23H,2-3,7-8,13-14H2,1H3,(H,27,29)/t23-/m1/s1. The number of thiophene rings is 1. The molecule has 1 N–H and O–H groups in total. The number of nitrogens with zero attached hydrogens (tertiary/aromatic N) is 1. The third-order valence-corrected chi connectivity index (χ3v) is 7.58. The van der Waals surface area contributed by atoms with Crippen molar-refractivity contribution in [2.24, 2.45) is 0 Å². The second-order valence-electron chi connectivity index (χ2n) is 8.25. The second-order valence-corrected chi connectivity index (χ2v) is 9.39. The number of carbonyl (C=O) groups excluding carboxylic acids is 1. The van der Waals surface area contributed by atoms with Gasteiger partial charge in [0.05, 0.1) is 6.04 Å². The van der Waals surface area contributed by atoms with Gasteiger partial charge in [0.2, 0.25) is 0 Å². The predicted octanol–water partition coefficient (Wildman–Crippen LogP) is 6.25. The van der Waals surface area contributed by atoms with E-state index in [4.69, 9.17) is 0 Å². The highest BCUT2D eigenvalue weighted by Gasteiger charge is 2.36. The van der Waals surface area contributed by atoms with E-state index in [9.17, 15) is 9.18 Å². The van der Waals surface area contributed by atoms with Crippen LogP contribution in [0, 0.1) is 12.7 Å². The number of urea groups is 1. The fourth-order valence-corrected chi connectivity index (χ4v) is 6.35. The molecule has 1 aromatic heterocycles. The van der Waals surface area contributed by atoms with Gasteiger partial charge in [-0.2, -0.15) is 0 Å². The number of anilines is 1. The Morgan fingerprint density at radius 3 is 2.67 bits per heavy atom. The van der Waals surface area contributed by atoms with Gasteiger partial charge in [0.25, 0.3) is 0 Å². The Balaban J connectivity index is 1.54. The van der Waals surface area contributed by atoms with Crippen LogP contribution in [0.4, 0.5) is 14.9 Å². The summed E-state index contributed by atoms with van der Waals surface area (Å²) in [7, 11) is 0. The number of fused-ring (bicyclic) bond motifs is 3. The summed E-state index contributed by atoms with van der Waals surface area (Å²) in [4.78, 5) is 18.0. The van der Waals surface area contributed by atoms with Crippen molar-refractivity contribution in [3.05, 3.63) is 86.4 Å². The Labute approximate surface area is 180 Å². The average molecular weight is 421 g/mol. The summed E-state index contributed by atoms with van der Waals surface area (Å²) in [6.07, 6.45) is 5.66. The monoisotopic (exact) mass is 420 g/mol. The van der Waals surface area contributed by atoms with Crippen molar-refractivity contribution in [2.75, 3.05) is 11.9 Å². The summed E-state index contributed by atoms with van der Waals surface area (Å²) in [6, 6.07) is 14.2. The summed E-state index contributed by atoms with van der Waals surface area (Å²) in [6.45, 7) is 2.68. The summed E-state index contributed by atoms with van der Waals surface area (Å²) in [5.74, 6) is -0.254. The van der Waals surface area contributed by atoms with Crippen molar-refractivity contribution in [2.45, 2.75) is 45.1 Å². The molecule has 3 aromatic rings. The van der Waals surface area contributed by atoms with Crippen molar-refractivity contribution < 1.29 is 9.18 Å². The van der Waals surface area contributed by atoms with Crippen molar-refractivity contribution in [3.8, 4) is 0 Å². The quantitative estimate of drug-likeness (QED) is 0.522. The molecule has 5 heteroatoms. The Morgan fingerprint density at radius 1 is 1.07 bits per heavy atom. The summed E-state index contributed by atoms with van der Waals surface area (Å²) < 4.78 is 13.6. The van der Waals surface area contributed by atoms with Gasteiger partial charge in [0, 0.05) is 22.0 Å². The summed E-state index contributed by atoms with van der Waals surface area (Å²) in [5, 5.41) is 3.07. The van der Waals surface area contributed by atoms with Crippen LogP contribution in [0.25, 0.3) is 0 Å². The molecule has 0 unspecified atom stereocenters. The maximum absolute atomic E-state index is 13.6. The van der Waals surface area contributed by atoms with Crippen molar-refractivity contribution in [1.82, 2.24) is 4.90 Å². The lowest BCUT2D eigenvalue weighted by atomic mass is 9.88. The molecule has 0 fully saturated rings. The molecule has 1 aliphatic carbocycles. The lowest BCUT2D eigenvalue weighted by Gasteiger charge is -2.36. The van der Waals surface area contributed by atoms with E-state index in [-0.39, 0.29) is 17.9 Å². The predicted molar refractivity (Wildman–Crippen MR) is 120 cm³/mol. The molecule has 154 valence electrons.